The summed E-state index contributed by atoms with van der Waals surface area (Å²) < 4.78 is 24.2. The third-order valence-electron chi connectivity index (χ3n) is 3.24. The number of piperazine rings is 1. The van der Waals surface area contributed by atoms with Crippen molar-refractivity contribution in [1.29, 1.82) is 0 Å². The fourth-order valence-corrected chi connectivity index (χ4v) is 2.90. The number of nitrogen functional groups attached to an aromatic ring is 1. The normalized spacial score (nSPS) is 16.3. The molecule has 0 atom stereocenters. The van der Waals surface area contributed by atoms with E-state index in [0.717, 1.165) is 0 Å². The van der Waals surface area contributed by atoms with Crippen LogP contribution in [0.1, 0.15) is 5.69 Å². The summed E-state index contributed by atoms with van der Waals surface area (Å²) in [5.41, 5.74) is 6.76. The van der Waals surface area contributed by atoms with Crippen LogP contribution in [0.4, 0.5) is 5.69 Å². The van der Waals surface area contributed by atoms with Crippen LogP contribution in [0.5, 0.6) is 0 Å². The van der Waals surface area contributed by atoms with Crippen LogP contribution in [0.25, 0.3) is 0 Å². The van der Waals surface area contributed by atoms with Gasteiger partial charge in [0.1, 0.15) is 0 Å². The van der Waals surface area contributed by atoms with Gasteiger partial charge in [-0.05, 0) is 12.1 Å². The van der Waals surface area contributed by atoms with Gasteiger partial charge in [0.25, 0.3) is 0 Å². The third-order valence-corrected chi connectivity index (χ3v) is 4.54. The van der Waals surface area contributed by atoms with Crippen molar-refractivity contribution in [2.75, 3.05) is 38.2 Å². The van der Waals surface area contributed by atoms with E-state index in [0.29, 0.717) is 37.6 Å². The molecule has 21 heavy (non-hydrogen) atoms. The summed E-state index contributed by atoms with van der Waals surface area (Å²) in [7, 11) is -3.17. The molecule has 118 valence electrons. The minimum atomic E-state index is -3.17. The van der Waals surface area contributed by atoms with Gasteiger partial charge in [0, 0.05) is 31.9 Å². The first-order chi connectivity index (χ1) is 9.36. The number of carbonyl (C=O) groups excluding carboxylic acids is 1. The predicted molar refractivity (Wildman–Crippen MR) is 82.6 cm³/mol. The zero-order valence-corrected chi connectivity index (χ0v) is 13.4. The van der Waals surface area contributed by atoms with E-state index in [9.17, 15) is 13.2 Å². The summed E-state index contributed by atoms with van der Waals surface area (Å²) in [6, 6.07) is 3.43. The van der Waals surface area contributed by atoms with Crippen molar-refractivity contribution in [3.63, 3.8) is 0 Å². The number of sulfonamides is 1. The largest absolute Gasteiger partial charge is 0.397 e. The van der Waals surface area contributed by atoms with Crippen LogP contribution in [0.15, 0.2) is 18.3 Å². The average molecular weight is 335 g/mol. The Kier molecular flexibility index (Phi) is 5.94. The molecular weight excluding hydrogens is 316 g/mol. The first-order valence-corrected chi connectivity index (χ1v) is 8.14. The van der Waals surface area contributed by atoms with Gasteiger partial charge in [-0.3, -0.25) is 9.78 Å². The molecule has 1 saturated heterocycles. The van der Waals surface area contributed by atoms with Gasteiger partial charge in [0.2, 0.25) is 15.9 Å². The topological polar surface area (TPSA) is 96.6 Å². The van der Waals surface area contributed by atoms with Gasteiger partial charge in [0.15, 0.2) is 0 Å². The van der Waals surface area contributed by atoms with Crippen molar-refractivity contribution in [2.24, 2.45) is 0 Å². The van der Waals surface area contributed by atoms with Crippen LogP contribution in [0, 0.1) is 0 Å². The van der Waals surface area contributed by atoms with E-state index in [4.69, 9.17) is 5.73 Å². The lowest BCUT2D eigenvalue weighted by Gasteiger charge is -2.33. The van der Waals surface area contributed by atoms with E-state index < -0.39 is 10.0 Å². The maximum atomic E-state index is 12.1. The van der Waals surface area contributed by atoms with Gasteiger partial charge < -0.3 is 10.6 Å². The summed E-state index contributed by atoms with van der Waals surface area (Å²) >= 11 is 0. The Morgan fingerprint density at radius 3 is 2.38 bits per heavy atom. The number of hydrogen-bond donors (Lipinski definition) is 1. The number of nitrogens with zero attached hydrogens (tertiary/aromatic N) is 3. The molecule has 0 saturated carbocycles. The average Bonchev–Trinajstić information content (AvgIpc) is 2.40. The van der Waals surface area contributed by atoms with Gasteiger partial charge in [-0.25, -0.2) is 8.42 Å². The summed E-state index contributed by atoms with van der Waals surface area (Å²) in [5.74, 6) is -0.0459. The van der Waals surface area contributed by atoms with E-state index in [1.165, 1.54) is 16.8 Å². The number of nitrogens with two attached hydrogens (primary N) is 1. The van der Waals surface area contributed by atoms with Gasteiger partial charge >= 0.3 is 0 Å². The molecule has 1 aliphatic rings. The summed E-state index contributed by atoms with van der Waals surface area (Å²) in [4.78, 5) is 17.9. The van der Waals surface area contributed by atoms with Crippen LogP contribution in [-0.4, -0.2) is 60.9 Å². The first-order valence-electron chi connectivity index (χ1n) is 6.29. The molecule has 1 amide bonds. The summed E-state index contributed by atoms with van der Waals surface area (Å²) in [6.45, 7) is 1.53. The molecule has 2 rings (SSSR count). The molecule has 2 heterocycles. The number of pyridine rings is 1. The molecule has 0 spiro atoms. The molecule has 1 aromatic rings. The molecule has 0 radical (unpaired) electrons. The molecule has 0 unspecified atom stereocenters. The van der Waals surface area contributed by atoms with Gasteiger partial charge in [-0.1, -0.05) is 0 Å². The second-order valence-electron chi connectivity index (χ2n) is 4.80. The number of carbonyl (C=O) groups is 1. The molecular formula is C12H19ClN4O3S. The minimum absolute atomic E-state index is 0. The molecule has 9 heteroatoms. The van der Waals surface area contributed by atoms with Crippen molar-refractivity contribution in [3.05, 3.63) is 24.0 Å². The lowest BCUT2D eigenvalue weighted by molar-refractivity contribution is -0.131. The number of anilines is 1. The van der Waals surface area contributed by atoms with Crippen LogP contribution in [-0.2, 0) is 21.2 Å². The monoisotopic (exact) mass is 334 g/mol. The quantitative estimate of drug-likeness (QED) is 0.821. The van der Waals surface area contributed by atoms with Crippen molar-refractivity contribution in [3.8, 4) is 0 Å². The lowest BCUT2D eigenvalue weighted by atomic mass is 10.2. The van der Waals surface area contributed by atoms with Crippen molar-refractivity contribution >= 4 is 34.0 Å². The predicted octanol–water partition coefficient (Wildman–Crippen LogP) is -0.268. The van der Waals surface area contributed by atoms with E-state index in [-0.39, 0.29) is 24.7 Å². The fourth-order valence-electron chi connectivity index (χ4n) is 2.08. The highest BCUT2D eigenvalue weighted by atomic mass is 35.5. The Bertz CT molecular complexity index is 583. The van der Waals surface area contributed by atoms with Crippen molar-refractivity contribution < 1.29 is 13.2 Å². The number of amides is 1. The maximum absolute atomic E-state index is 12.1. The molecule has 7 nitrogen and oxygen atoms in total. The Morgan fingerprint density at radius 2 is 1.90 bits per heavy atom. The number of rotatable bonds is 3. The van der Waals surface area contributed by atoms with Crippen LogP contribution >= 0.6 is 12.4 Å². The van der Waals surface area contributed by atoms with Crippen LogP contribution in [0.2, 0.25) is 0 Å². The zero-order valence-electron chi connectivity index (χ0n) is 11.7. The number of hydrogen-bond acceptors (Lipinski definition) is 5. The second-order valence-corrected chi connectivity index (χ2v) is 6.78. The van der Waals surface area contributed by atoms with Crippen LogP contribution < -0.4 is 5.73 Å². The Labute approximate surface area is 130 Å². The van der Waals surface area contributed by atoms with Crippen molar-refractivity contribution in [1.82, 2.24) is 14.2 Å². The molecule has 1 fully saturated rings. The highest BCUT2D eigenvalue weighted by Gasteiger charge is 2.25. The second kappa shape index (κ2) is 7.06. The minimum Gasteiger partial charge on any atom is -0.397 e. The summed E-state index contributed by atoms with van der Waals surface area (Å²) in [6.07, 6.45) is 2.91. The molecule has 1 aromatic heterocycles. The molecule has 1 aliphatic heterocycles. The summed E-state index contributed by atoms with van der Waals surface area (Å²) in [5, 5.41) is 0. The number of halogens is 1. The SMILES string of the molecule is CS(=O)(=O)N1CCN(C(=O)Cc2ccc(N)cn2)CC1.Cl. The fraction of sp³-hybridized carbons (Fsp3) is 0.500. The van der Waals surface area contributed by atoms with Crippen molar-refractivity contribution in [2.45, 2.75) is 6.42 Å². The standard InChI is InChI=1S/C12H18N4O3S.ClH/c1-20(18,19)16-6-4-15(5-7-16)12(17)8-11-3-2-10(13)9-14-11;/h2-3,9H,4-8,13H2,1H3;1H. The highest BCUT2D eigenvalue weighted by Crippen LogP contribution is 2.09. The highest BCUT2D eigenvalue weighted by molar-refractivity contribution is 7.88. The molecule has 0 bridgehead atoms. The Morgan fingerprint density at radius 1 is 1.29 bits per heavy atom. The van der Waals surface area contributed by atoms with E-state index in [2.05, 4.69) is 4.98 Å². The maximum Gasteiger partial charge on any atom is 0.228 e. The first kappa shape index (κ1) is 17.7. The van der Waals surface area contributed by atoms with E-state index >= 15 is 0 Å². The van der Waals surface area contributed by atoms with Gasteiger partial charge in [0.05, 0.1) is 24.6 Å². The smallest absolute Gasteiger partial charge is 0.228 e. The molecule has 0 aromatic carbocycles. The lowest BCUT2D eigenvalue weighted by Crippen LogP contribution is -2.50. The molecule has 0 aliphatic carbocycles. The van der Waals surface area contributed by atoms with E-state index in [1.54, 1.807) is 17.0 Å². The third kappa shape index (κ3) is 4.83. The zero-order chi connectivity index (χ0) is 14.8. The Hall–Kier alpha value is -1.38. The number of aromatic nitrogens is 1. The molecule has 2 N–H and O–H groups in total. The van der Waals surface area contributed by atoms with Crippen LogP contribution in [0.3, 0.4) is 0 Å². The van der Waals surface area contributed by atoms with E-state index in [1.807, 2.05) is 0 Å². The van der Waals surface area contributed by atoms with Gasteiger partial charge in [-0.2, -0.15) is 4.31 Å². The van der Waals surface area contributed by atoms with Gasteiger partial charge in [-0.15, -0.1) is 12.4 Å². The Balaban J connectivity index is 0.00000220.